The number of carbonyl (C=O) groups excluding carboxylic acids is 1. The van der Waals surface area contributed by atoms with Crippen molar-refractivity contribution in [2.75, 3.05) is 26.7 Å². The van der Waals surface area contributed by atoms with E-state index in [-0.39, 0.29) is 18.3 Å². The monoisotopic (exact) mass is 368 g/mol. The lowest BCUT2D eigenvalue weighted by molar-refractivity contribution is -0.139. The Morgan fingerprint density at radius 2 is 1.92 bits per heavy atom. The number of likely N-dealkylation sites (tertiary alicyclic amines) is 1. The second-order valence-corrected chi connectivity index (χ2v) is 7.27. The summed E-state index contributed by atoms with van der Waals surface area (Å²) in [5, 5.41) is 3.23. The summed E-state index contributed by atoms with van der Waals surface area (Å²) in [5.41, 5.74) is 2.31. The first kappa shape index (κ1) is 21.8. The van der Waals surface area contributed by atoms with E-state index >= 15 is 0 Å². The molecule has 1 aliphatic heterocycles. The molecule has 1 aliphatic rings. The quantitative estimate of drug-likeness (QED) is 0.831. The minimum Gasteiger partial charge on any atom is -0.481 e. The number of carbonyl (C=O) groups is 1. The van der Waals surface area contributed by atoms with Crippen molar-refractivity contribution < 1.29 is 9.53 Å². The minimum absolute atomic E-state index is 0. The highest BCUT2D eigenvalue weighted by Gasteiger charge is 2.27. The average molecular weight is 369 g/mol. The van der Waals surface area contributed by atoms with Gasteiger partial charge in [-0.15, -0.1) is 12.4 Å². The van der Waals surface area contributed by atoms with Crippen molar-refractivity contribution in [2.45, 2.75) is 52.6 Å². The summed E-state index contributed by atoms with van der Waals surface area (Å²) in [6, 6.07) is 6.28. The van der Waals surface area contributed by atoms with Crippen LogP contribution in [0.3, 0.4) is 0 Å². The smallest absolute Gasteiger partial charge is 0.263 e. The molecule has 0 aromatic heterocycles. The molecule has 0 bridgehead atoms. The third-order valence-corrected chi connectivity index (χ3v) is 4.95. The summed E-state index contributed by atoms with van der Waals surface area (Å²) < 4.78 is 6.02. The SMILES string of the molecule is CNCC1CCN(C(=O)C(C)Oc2cc(C(C)C)ccc2C)CC1.Cl. The third kappa shape index (κ3) is 5.89. The summed E-state index contributed by atoms with van der Waals surface area (Å²) in [6.45, 7) is 10.9. The number of aryl methyl sites for hydroxylation is 1. The normalized spacial score (nSPS) is 16.5. The number of nitrogens with one attached hydrogen (secondary N) is 1. The first-order chi connectivity index (χ1) is 11.4. The predicted molar refractivity (Wildman–Crippen MR) is 106 cm³/mol. The van der Waals surface area contributed by atoms with Crippen LogP contribution in [0.4, 0.5) is 0 Å². The van der Waals surface area contributed by atoms with Gasteiger partial charge < -0.3 is 15.0 Å². The maximum Gasteiger partial charge on any atom is 0.263 e. The van der Waals surface area contributed by atoms with Crippen LogP contribution in [0.2, 0.25) is 0 Å². The van der Waals surface area contributed by atoms with E-state index in [1.165, 1.54) is 5.56 Å². The van der Waals surface area contributed by atoms with E-state index in [2.05, 4.69) is 37.4 Å². The van der Waals surface area contributed by atoms with E-state index in [0.717, 1.165) is 43.8 Å². The summed E-state index contributed by atoms with van der Waals surface area (Å²) in [5.74, 6) is 2.06. The van der Waals surface area contributed by atoms with Crippen LogP contribution in [-0.2, 0) is 4.79 Å². The Kier molecular flexibility index (Phi) is 8.74. The number of hydrogen-bond donors (Lipinski definition) is 1. The van der Waals surface area contributed by atoms with Crippen molar-refractivity contribution in [3.63, 3.8) is 0 Å². The molecule has 1 heterocycles. The van der Waals surface area contributed by atoms with Gasteiger partial charge >= 0.3 is 0 Å². The van der Waals surface area contributed by atoms with Gasteiger partial charge in [-0.25, -0.2) is 0 Å². The molecule has 1 fully saturated rings. The van der Waals surface area contributed by atoms with E-state index in [1.807, 2.05) is 25.8 Å². The second kappa shape index (κ2) is 10.0. The van der Waals surface area contributed by atoms with E-state index in [9.17, 15) is 4.79 Å². The Labute approximate surface area is 158 Å². The Balaban J connectivity index is 0.00000312. The van der Waals surface area contributed by atoms with Crippen LogP contribution in [0.1, 0.15) is 50.7 Å². The molecule has 5 heteroatoms. The fourth-order valence-electron chi connectivity index (χ4n) is 3.25. The molecule has 0 saturated carbocycles. The first-order valence-corrected chi connectivity index (χ1v) is 9.13. The van der Waals surface area contributed by atoms with Gasteiger partial charge in [0.15, 0.2) is 6.10 Å². The predicted octanol–water partition coefficient (Wildman–Crippen LogP) is 3.77. The average Bonchev–Trinajstić information content (AvgIpc) is 2.57. The molecule has 1 saturated heterocycles. The number of nitrogens with zero attached hydrogens (tertiary/aromatic N) is 1. The van der Waals surface area contributed by atoms with E-state index in [0.29, 0.717) is 11.8 Å². The Morgan fingerprint density at radius 1 is 1.28 bits per heavy atom. The molecule has 2 rings (SSSR count). The molecule has 0 radical (unpaired) electrons. The molecular formula is C20H33ClN2O2. The lowest BCUT2D eigenvalue weighted by Gasteiger charge is -2.33. The fourth-order valence-corrected chi connectivity index (χ4v) is 3.25. The zero-order chi connectivity index (χ0) is 17.7. The molecule has 142 valence electrons. The molecule has 0 spiro atoms. The fraction of sp³-hybridized carbons (Fsp3) is 0.650. The molecule has 1 aromatic carbocycles. The first-order valence-electron chi connectivity index (χ1n) is 9.13. The van der Waals surface area contributed by atoms with Crippen LogP contribution < -0.4 is 10.1 Å². The molecule has 1 amide bonds. The van der Waals surface area contributed by atoms with Gasteiger partial charge in [0, 0.05) is 13.1 Å². The van der Waals surface area contributed by atoms with Crippen molar-refractivity contribution in [3.05, 3.63) is 29.3 Å². The number of hydrogen-bond acceptors (Lipinski definition) is 3. The number of benzene rings is 1. The summed E-state index contributed by atoms with van der Waals surface area (Å²) in [7, 11) is 1.99. The molecule has 0 aliphatic carbocycles. The van der Waals surface area contributed by atoms with Gasteiger partial charge in [0.25, 0.3) is 5.91 Å². The van der Waals surface area contributed by atoms with Crippen molar-refractivity contribution in [2.24, 2.45) is 5.92 Å². The number of rotatable bonds is 6. The van der Waals surface area contributed by atoms with Crippen molar-refractivity contribution in [1.82, 2.24) is 10.2 Å². The molecule has 1 aromatic rings. The van der Waals surface area contributed by atoms with Gasteiger partial charge in [0.1, 0.15) is 5.75 Å². The Hall–Kier alpha value is -1.26. The highest BCUT2D eigenvalue weighted by Crippen LogP contribution is 2.26. The van der Waals surface area contributed by atoms with Crippen LogP contribution >= 0.6 is 12.4 Å². The van der Waals surface area contributed by atoms with Gasteiger partial charge in [-0.3, -0.25) is 4.79 Å². The molecule has 1 atom stereocenters. The molecule has 1 N–H and O–H groups in total. The van der Waals surface area contributed by atoms with Crippen molar-refractivity contribution in [3.8, 4) is 5.75 Å². The van der Waals surface area contributed by atoms with Crippen LogP contribution in [0, 0.1) is 12.8 Å². The van der Waals surface area contributed by atoms with Gasteiger partial charge in [0.05, 0.1) is 0 Å². The van der Waals surface area contributed by atoms with Gasteiger partial charge in [-0.1, -0.05) is 26.0 Å². The van der Waals surface area contributed by atoms with E-state index in [4.69, 9.17) is 4.74 Å². The third-order valence-electron chi connectivity index (χ3n) is 4.95. The number of amides is 1. The topological polar surface area (TPSA) is 41.6 Å². The second-order valence-electron chi connectivity index (χ2n) is 7.27. The largest absolute Gasteiger partial charge is 0.481 e. The zero-order valence-corrected chi connectivity index (χ0v) is 17.0. The van der Waals surface area contributed by atoms with Crippen molar-refractivity contribution in [1.29, 1.82) is 0 Å². The summed E-state index contributed by atoms with van der Waals surface area (Å²) in [6.07, 6.45) is 1.70. The maximum atomic E-state index is 12.7. The molecule has 25 heavy (non-hydrogen) atoms. The van der Waals surface area contributed by atoms with Crippen LogP contribution in [0.25, 0.3) is 0 Å². The molecular weight excluding hydrogens is 336 g/mol. The van der Waals surface area contributed by atoms with Gasteiger partial charge in [-0.2, -0.15) is 0 Å². The highest BCUT2D eigenvalue weighted by atomic mass is 35.5. The number of ether oxygens (including phenoxy) is 1. The summed E-state index contributed by atoms with van der Waals surface area (Å²) >= 11 is 0. The number of piperidine rings is 1. The molecule has 4 nitrogen and oxygen atoms in total. The maximum absolute atomic E-state index is 12.7. The Bertz CT molecular complexity index is 555. The van der Waals surface area contributed by atoms with Crippen LogP contribution in [-0.4, -0.2) is 43.6 Å². The standard InChI is InChI=1S/C20H32N2O2.ClH/c1-14(2)18-7-6-15(3)19(12-18)24-16(4)20(23)22-10-8-17(9-11-22)13-21-5;/h6-7,12,14,16-17,21H,8-11,13H2,1-5H3;1H. The van der Waals surface area contributed by atoms with Gasteiger partial charge in [-0.05, 0) is 69.3 Å². The van der Waals surface area contributed by atoms with Crippen molar-refractivity contribution >= 4 is 18.3 Å². The summed E-state index contributed by atoms with van der Waals surface area (Å²) in [4.78, 5) is 14.6. The lowest BCUT2D eigenvalue weighted by Crippen LogP contribution is -2.45. The zero-order valence-electron chi connectivity index (χ0n) is 16.2. The van der Waals surface area contributed by atoms with E-state index in [1.54, 1.807) is 0 Å². The van der Waals surface area contributed by atoms with Crippen LogP contribution in [0.15, 0.2) is 18.2 Å². The highest BCUT2D eigenvalue weighted by molar-refractivity contribution is 5.85. The van der Waals surface area contributed by atoms with Gasteiger partial charge in [0.2, 0.25) is 0 Å². The lowest BCUT2D eigenvalue weighted by atomic mass is 9.96. The molecule has 1 unspecified atom stereocenters. The number of halogens is 1. The minimum atomic E-state index is -0.438. The van der Waals surface area contributed by atoms with Crippen LogP contribution in [0.5, 0.6) is 5.75 Å². The Morgan fingerprint density at radius 3 is 2.48 bits per heavy atom. The van der Waals surface area contributed by atoms with E-state index < -0.39 is 6.10 Å².